The van der Waals surface area contributed by atoms with Gasteiger partial charge in [-0.1, -0.05) is 182 Å². The maximum atomic E-state index is 12.7. The summed E-state index contributed by atoms with van der Waals surface area (Å²) in [5, 5.41) is 0. The van der Waals surface area contributed by atoms with Gasteiger partial charge >= 0.3 is 5.97 Å². The molecule has 362 valence electrons. The smallest absolute Gasteiger partial charge is 0.306 e. The fraction of sp³-hybridized carbons (Fsp3) is 0.685. The van der Waals surface area contributed by atoms with Crippen molar-refractivity contribution in [3.05, 3.63) is 97.2 Å². The van der Waals surface area contributed by atoms with E-state index in [0.29, 0.717) is 24.1 Å². The van der Waals surface area contributed by atoms with E-state index in [9.17, 15) is 14.3 Å². The van der Waals surface area contributed by atoms with Crippen molar-refractivity contribution in [3.8, 4) is 0 Å². The van der Waals surface area contributed by atoms with E-state index in [1.54, 1.807) is 0 Å². The number of hydrogen-bond donors (Lipinski definition) is 0. The molecule has 2 atom stereocenters. The molecule has 0 amide bonds. The summed E-state index contributed by atoms with van der Waals surface area (Å²) < 4.78 is 34.7. The van der Waals surface area contributed by atoms with E-state index < -0.39 is 13.9 Å². The van der Waals surface area contributed by atoms with Gasteiger partial charge in [0.15, 0.2) is 0 Å². The molecule has 0 aliphatic heterocycles. The van der Waals surface area contributed by atoms with Crippen LogP contribution in [0.1, 0.15) is 181 Å². The molecule has 63 heavy (non-hydrogen) atoms. The van der Waals surface area contributed by atoms with Crippen LogP contribution in [-0.2, 0) is 27.9 Å². The van der Waals surface area contributed by atoms with Crippen molar-refractivity contribution in [2.75, 3.05) is 54.1 Å². The minimum Gasteiger partial charge on any atom is -0.756 e. The maximum absolute atomic E-state index is 12.7. The van der Waals surface area contributed by atoms with Crippen LogP contribution in [0.2, 0.25) is 0 Å². The van der Waals surface area contributed by atoms with Gasteiger partial charge in [-0.15, -0.1) is 0 Å². The molecule has 0 saturated carbocycles. The summed E-state index contributed by atoms with van der Waals surface area (Å²) in [5.74, 6) is -0.350. The summed E-state index contributed by atoms with van der Waals surface area (Å²) in [6.45, 7) is 5.13. The Balaban J connectivity index is 4.19. The first kappa shape index (κ1) is 60.4. The third kappa shape index (κ3) is 50.3. The summed E-state index contributed by atoms with van der Waals surface area (Å²) in [6.07, 6.45) is 62.8. The predicted molar refractivity (Wildman–Crippen MR) is 268 cm³/mol. The quantitative estimate of drug-likeness (QED) is 0.0197. The van der Waals surface area contributed by atoms with Gasteiger partial charge in [0.1, 0.15) is 19.3 Å². The van der Waals surface area contributed by atoms with E-state index >= 15 is 0 Å². The zero-order chi connectivity index (χ0) is 46.2. The lowest BCUT2D eigenvalue weighted by molar-refractivity contribution is -0.870. The summed E-state index contributed by atoms with van der Waals surface area (Å²) in [6, 6.07) is 0. The highest BCUT2D eigenvalue weighted by atomic mass is 31.2. The Morgan fingerprint density at radius 3 is 1.30 bits per heavy atom. The van der Waals surface area contributed by atoms with Gasteiger partial charge in [0.05, 0.1) is 34.4 Å². The lowest BCUT2D eigenvalue weighted by Crippen LogP contribution is -2.37. The number of hydrogen-bond acceptors (Lipinski definition) is 7. The van der Waals surface area contributed by atoms with Gasteiger partial charge < -0.3 is 27.9 Å². The van der Waals surface area contributed by atoms with E-state index in [2.05, 4.69) is 111 Å². The van der Waals surface area contributed by atoms with Gasteiger partial charge in [0.25, 0.3) is 7.82 Å². The number of quaternary nitrogens is 1. The first-order chi connectivity index (χ1) is 30.6. The standard InChI is InChI=1S/C54H94NO7P/c1-6-8-10-12-14-16-18-20-22-24-25-26-27-28-29-30-31-32-33-35-37-39-41-43-45-47-54(56)62-53(52-61-63(57,58)60-50-48-55(3,4)5)51-59-49-46-44-42-40-38-36-34-23-21-19-17-15-13-11-9-7-2/h8-11,14-17,20-23,25-26,28-29,53H,6-7,12-13,18-19,24,27,30-52H2,1-5H3/b10-8-,11-9-,16-14-,17-15-,22-20-,23-21-,26-25-,29-28-. The van der Waals surface area contributed by atoms with Crippen LogP contribution in [0.5, 0.6) is 0 Å². The molecule has 0 N–H and O–H groups in total. The number of ether oxygens (including phenoxy) is 2. The molecule has 0 rings (SSSR count). The number of allylic oxidation sites excluding steroid dienone is 16. The van der Waals surface area contributed by atoms with Gasteiger partial charge in [0, 0.05) is 13.0 Å². The van der Waals surface area contributed by atoms with Crippen molar-refractivity contribution in [2.45, 2.75) is 187 Å². The number of nitrogens with zero attached hydrogens (tertiary/aromatic N) is 1. The molecule has 0 heterocycles. The van der Waals surface area contributed by atoms with E-state index in [0.717, 1.165) is 103 Å². The molecule has 0 spiro atoms. The number of carbonyl (C=O) groups is 1. The molecule has 0 radical (unpaired) electrons. The van der Waals surface area contributed by atoms with Crippen LogP contribution in [-0.4, -0.2) is 70.7 Å². The Hall–Kier alpha value is -2.58. The van der Waals surface area contributed by atoms with Gasteiger partial charge in [-0.05, 0) is 89.9 Å². The van der Waals surface area contributed by atoms with Gasteiger partial charge in [0.2, 0.25) is 0 Å². The molecule has 0 aromatic rings. The average molecular weight is 900 g/mol. The Morgan fingerprint density at radius 1 is 0.492 bits per heavy atom. The number of carbonyl (C=O) groups excluding carboxylic acids is 1. The number of esters is 1. The minimum absolute atomic E-state index is 0.0166. The highest BCUT2D eigenvalue weighted by Crippen LogP contribution is 2.38. The van der Waals surface area contributed by atoms with Crippen LogP contribution in [0.4, 0.5) is 0 Å². The van der Waals surface area contributed by atoms with Crippen LogP contribution in [0.25, 0.3) is 0 Å². The molecule has 0 saturated heterocycles. The number of rotatable bonds is 45. The third-order valence-electron chi connectivity index (χ3n) is 10.1. The normalized spacial score (nSPS) is 14.4. The van der Waals surface area contributed by atoms with E-state index in [4.69, 9.17) is 18.5 Å². The van der Waals surface area contributed by atoms with Crippen molar-refractivity contribution >= 4 is 13.8 Å². The molecule has 0 fully saturated rings. The molecular weight excluding hydrogens is 806 g/mol. The largest absolute Gasteiger partial charge is 0.756 e. The Labute approximate surface area is 387 Å². The zero-order valence-corrected chi connectivity index (χ0v) is 41.9. The molecule has 0 aliphatic rings. The second-order valence-electron chi connectivity index (χ2n) is 17.4. The molecule has 0 bridgehead atoms. The fourth-order valence-corrected chi connectivity index (χ4v) is 7.08. The van der Waals surface area contributed by atoms with Crippen LogP contribution in [0.15, 0.2) is 97.2 Å². The molecule has 8 nitrogen and oxygen atoms in total. The van der Waals surface area contributed by atoms with Gasteiger partial charge in [-0.2, -0.15) is 0 Å². The molecule has 0 aromatic heterocycles. The molecule has 2 unspecified atom stereocenters. The number of phosphoric ester groups is 1. The monoisotopic (exact) mass is 900 g/mol. The highest BCUT2D eigenvalue weighted by molar-refractivity contribution is 7.45. The summed E-state index contributed by atoms with van der Waals surface area (Å²) in [4.78, 5) is 25.2. The van der Waals surface area contributed by atoms with Crippen molar-refractivity contribution < 1.29 is 37.3 Å². The zero-order valence-electron chi connectivity index (χ0n) is 41.0. The van der Waals surface area contributed by atoms with E-state index in [-0.39, 0.29) is 25.8 Å². The third-order valence-corrected chi connectivity index (χ3v) is 11.1. The second-order valence-corrected chi connectivity index (χ2v) is 18.8. The van der Waals surface area contributed by atoms with Gasteiger partial charge in [-0.25, -0.2) is 0 Å². The van der Waals surface area contributed by atoms with Crippen LogP contribution >= 0.6 is 7.82 Å². The van der Waals surface area contributed by atoms with Crippen molar-refractivity contribution in [1.29, 1.82) is 0 Å². The molecule has 0 aromatic carbocycles. The summed E-state index contributed by atoms with van der Waals surface area (Å²) in [7, 11) is 1.33. The second kappa shape index (κ2) is 46.0. The SMILES string of the molecule is CC/C=C\C/C=C\C/C=C\C/C=C\C/C=C\CCCCCCCCCCCC(=O)OC(COCCCCCCCC/C=C\C/C=C\C/C=C\CC)COP(=O)([O-])OCC[N+](C)(C)C. The van der Waals surface area contributed by atoms with Crippen molar-refractivity contribution in [3.63, 3.8) is 0 Å². The highest BCUT2D eigenvalue weighted by Gasteiger charge is 2.20. The van der Waals surface area contributed by atoms with Crippen LogP contribution < -0.4 is 4.89 Å². The molecule has 0 aliphatic carbocycles. The van der Waals surface area contributed by atoms with Crippen LogP contribution in [0.3, 0.4) is 0 Å². The molecular formula is C54H94NO7P. The van der Waals surface area contributed by atoms with E-state index in [1.807, 2.05) is 21.1 Å². The first-order valence-corrected chi connectivity index (χ1v) is 26.4. The Bertz CT molecular complexity index is 1320. The van der Waals surface area contributed by atoms with E-state index in [1.165, 1.54) is 57.8 Å². The number of phosphoric acid groups is 1. The summed E-state index contributed by atoms with van der Waals surface area (Å²) >= 11 is 0. The summed E-state index contributed by atoms with van der Waals surface area (Å²) in [5.41, 5.74) is 0. The van der Waals surface area contributed by atoms with Crippen molar-refractivity contribution in [2.24, 2.45) is 0 Å². The maximum Gasteiger partial charge on any atom is 0.306 e. The lowest BCUT2D eigenvalue weighted by atomic mass is 10.1. The Morgan fingerprint density at radius 2 is 0.873 bits per heavy atom. The van der Waals surface area contributed by atoms with Crippen molar-refractivity contribution in [1.82, 2.24) is 0 Å². The minimum atomic E-state index is -4.54. The van der Waals surface area contributed by atoms with Crippen LogP contribution in [0, 0.1) is 0 Å². The molecule has 9 heteroatoms. The van der Waals surface area contributed by atoms with Gasteiger partial charge in [-0.3, -0.25) is 9.36 Å². The first-order valence-electron chi connectivity index (χ1n) is 25.0. The Kier molecular flexibility index (Phi) is 44.1. The fourth-order valence-electron chi connectivity index (χ4n) is 6.35. The topological polar surface area (TPSA) is 94.1 Å². The predicted octanol–water partition coefficient (Wildman–Crippen LogP) is 14.8. The lowest BCUT2D eigenvalue weighted by Gasteiger charge is -2.28. The average Bonchev–Trinajstić information content (AvgIpc) is 3.24. The number of likely N-dealkylation sites (N-methyl/N-ethyl adjacent to an activating group) is 1. The number of unbranched alkanes of at least 4 members (excludes halogenated alkanes) is 15.